The van der Waals surface area contributed by atoms with Gasteiger partial charge in [-0.25, -0.2) is 28.4 Å². The minimum absolute atomic E-state index is 0.0122. The number of Topliss-reactive ketones (excluding diaryl/α,β-unsaturated/α-hetero) is 2. The van der Waals surface area contributed by atoms with Crippen molar-refractivity contribution in [3.8, 4) is 22.3 Å². The van der Waals surface area contributed by atoms with Crippen molar-refractivity contribution in [3.05, 3.63) is 153 Å². The van der Waals surface area contributed by atoms with Crippen LogP contribution < -0.4 is 10.9 Å². The van der Waals surface area contributed by atoms with Crippen LogP contribution in [0.4, 0.5) is 8.78 Å². The van der Waals surface area contributed by atoms with Crippen LogP contribution in [0.3, 0.4) is 0 Å². The standard InChI is InChI=1S/C30H35ClFN5O6.C22H20ClFN4O5.C8H17NO2/c1-20(38)26-17-27(34-33-26)29(40)35-37(18-21-4-6-22(7-5-21)24-16-23(31)8-9-25(24)32)19-28(39)30(41)43-13-3-2-10-36-11-14-42-15-12-36;1-12(29)18-9-19(26-25-18)21(31)27-28(11-20(30)22(32)33)10-13-2-4-14(5-3-13)16-8-15(23)6-7-17(16)24;10-6-2-1-3-9-4-7-11-8-5-9/h4-9,16-17,28,39H,2-3,10-15,18-19H2,1H3,(H,33,34)(H,35,40);2-9,20,30H,10-11H2,1H3,(H,25,26)(H,27,31)(H,32,33);10H,1-8H2/t28-;20-;/m11./s1. The molecule has 468 valence electrons. The number of aliphatic carboxylic acids is 1. The van der Waals surface area contributed by atoms with Gasteiger partial charge < -0.3 is 34.6 Å². The average molecular weight is 1250 g/mol. The third kappa shape index (κ3) is 23.0. The number of nitrogens with one attached hydrogen (secondary N) is 4. The third-order valence-electron chi connectivity index (χ3n) is 13.6. The van der Waals surface area contributed by atoms with Gasteiger partial charge in [-0.2, -0.15) is 10.2 Å². The number of aliphatic hydroxyl groups is 3. The lowest BCUT2D eigenvalue weighted by molar-refractivity contribution is -0.155. The zero-order chi connectivity index (χ0) is 62.8. The molecule has 8 rings (SSSR count). The molecule has 0 radical (unpaired) electrons. The van der Waals surface area contributed by atoms with Crippen molar-refractivity contribution in [1.82, 2.24) is 51.1 Å². The number of esters is 1. The summed E-state index contributed by atoms with van der Waals surface area (Å²) in [7, 11) is 0. The van der Waals surface area contributed by atoms with Gasteiger partial charge >= 0.3 is 11.9 Å². The first kappa shape index (κ1) is 68.7. The van der Waals surface area contributed by atoms with E-state index >= 15 is 0 Å². The maximum atomic E-state index is 14.3. The molecule has 87 heavy (non-hydrogen) atoms. The van der Waals surface area contributed by atoms with Crippen molar-refractivity contribution >= 4 is 58.5 Å². The fraction of sp³-hybridized carbons (Fsp3) is 0.400. The molecule has 0 bridgehead atoms. The summed E-state index contributed by atoms with van der Waals surface area (Å²) in [6, 6.07) is 24.6. The van der Waals surface area contributed by atoms with Gasteiger partial charge in [0.2, 0.25) is 0 Å². The summed E-state index contributed by atoms with van der Waals surface area (Å²) in [5.74, 6) is -5.06. The molecule has 2 amide bonds. The monoisotopic (exact) mass is 1250 g/mol. The Morgan fingerprint density at radius 1 is 0.621 bits per heavy atom. The van der Waals surface area contributed by atoms with Crippen LogP contribution in [0.2, 0.25) is 10.0 Å². The number of ketones is 2. The summed E-state index contributed by atoms with van der Waals surface area (Å²) in [6.07, 6.45) is 0.211. The van der Waals surface area contributed by atoms with E-state index in [4.69, 9.17) is 47.6 Å². The zero-order valence-corrected chi connectivity index (χ0v) is 49.7. The van der Waals surface area contributed by atoms with E-state index in [9.17, 15) is 47.8 Å². The molecule has 2 atom stereocenters. The minimum atomic E-state index is -1.76. The van der Waals surface area contributed by atoms with E-state index in [0.29, 0.717) is 56.5 Å². The van der Waals surface area contributed by atoms with E-state index in [1.54, 1.807) is 48.5 Å². The fourth-order valence-corrected chi connectivity index (χ4v) is 9.12. The Bertz CT molecular complexity index is 3200. The second-order valence-corrected chi connectivity index (χ2v) is 21.2. The number of rotatable bonds is 27. The lowest BCUT2D eigenvalue weighted by atomic mass is 10.0. The van der Waals surface area contributed by atoms with Gasteiger partial charge in [-0.05, 0) is 110 Å². The number of aromatic amines is 2. The van der Waals surface area contributed by atoms with Crippen molar-refractivity contribution < 1.29 is 72.2 Å². The average Bonchev–Trinajstić information content (AvgIpc) is 3.35. The quantitative estimate of drug-likeness (QED) is 0.0127. The van der Waals surface area contributed by atoms with E-state index in [1.807, 2.05) is 0 Å². The Morgan fingerprint density at radius 3 is 1.43 bits per heavy atom. The molecule has 27 heteroatoms. The Morgan fingerprint density at radius 2 is 1.03 bits per heavy atom. The summed E-state index contributed by atoms with van der Waals surface area (Å²) in [5, 5.41) is 53.8. The molecule has 2 aromatic heterocycles. The summed E-state index contributed by atoms with van der Waals surface area (Å²) in [6.45, 7) is 11.6. The van der Waals surface area contributed by atoms with Crippen LogP contribution in [-0.4, -0.2) is 200 Å². The molecular weight excluding hydrogens is 1180 g/mol. The van der Waals surface area contributed by atoms with Crippen LogP contribution in [0.25, 0.3) is 22.3 Å². The van der Waals surface area contributed by atoms with Gasteiger partial charge in [0.25, 0.3) is 11.8 Å². The van der Waals surface area contributed by atoms with Gasteiger partial charge in [0.15, 0.2) is 23.8 Å². The number of hydrazine groups is 2. The molecule has 2 saturated heterocycles. The topological polar surface area (TPSA) is 305 Å². The van der Waals surface area contributed by atoms with E-state index in [-0.39, 0.29) is 60.6 Å². The van der Waals surface area contributed by atoms with Gasteiger partial charge in [0, 0.05) is 80.9 Å². The van der Waals surface area contributed by atoms with Gasteiger partial charge in [0.1, 0.15) is 34.4 Å². The SMILES string of the molecule is CC(=O)c1cc(C(=O)NN(Cc2ccc(-c3cc(Cl)ccc3F)cc2)C[C@@H](O)C(=O)O)[nH]n1.CC(=O)c1cc(C(=O)NN(Cc2ccc(-c3cc(Cl)ccc3F)cc2)C[C@@H](O)C(=O)OCCCCN2CCOCC2)[nH]n1.OCCCCN1CCOCC1. The number of carbonyl (C=O) groups excluding carboxylic acids is 5. The summed E-state index contributed by atoms with van der Waals surface area (Å²) < 4.78 is 44.3. The molecule has 6 aromatic rings. The first-order valence-corrected chi connectivity index (χ1v) is 28.8. The second-order valence-electron chi connectivity index (χ2n) is 20.3. The Labute approximate surface area is 511 Å². The molecule has 2 fully saturated rings. The minimum Gasteiger partial charge on any atom is -0.479 e. The maximum absolute atomic E-state index is 14.3. The molecule has 0 spiro atoms. The molecule has 2 aliphatic heterocycles. The summed E-state index contributed by atoms with van der Waals surface area (Å²) in [4.78, 5) is 76.7. The largest absolute Gasteiger partial charge is 0.479 e. The zero-order valence-electron chi connectivity index (χ0n) is 48.2. The number of nitrogens with zero attached hydrogens (tertiary/aromatic N) is 6. The summed E-state index contributed by atoms with van der Waals surface area (Å²) in [5.41, 5.74) is 8.51. The van der Waals surface area contributed by atoms with E-state index in [2.05, 4.69) is 41.0 Å². The molecule has 0 aliphatic carbocycles. The predicted octanol–water partition coefficient (Wildman–Crippen LogP) is 5.99. The lowest BCUT2D eigenvalue weighted by Crippen LogP contribution is -2.47. The number of ether oxygens (including phenoxy) is 3. The fourth-order valence-electron chi connectivity index (χ4n) is 8.77. The maximum Gasteiger partial charge on any atom is 0.336 e. The van der Waals surface area contributed by atoms with E-state index < -0.39 is 54.1 Å². The number of benzene rings is 4. The highest BCUT2D eigenvalue weighted by molar-refractivity contribution is 6.31. The lowest BCUT2D eigenvalue weighted by Gasteiger charge is -2.26. The van der Waals surface area contributed by atoms with Crippen molar-refractivity contribution in [2.75, 3.05) is 92.0 Å². The number of unbranched alkanes of at least 4 members (excludes halogenated alkanes) is 2. The molecule has 0 saturated carbocycles. The highest BCUT2D eigenvalue weighted by Crippen LogP contribution is 2.28. The van der Waals surface area contributed by atoms with Gasteiger partial charge in [-0.1, -0.05) is 71.7 Å². The number of carbonyl (C=O) groups is 6. The first-order valence-electron chi connectivity index (χ1n) is 28.1. The highest BCUT2D eigenvalue weighted by Gasteiger charge is 2.25. The number of carboxylic acid groups (broad SMARTS) is 1. The Balaban J connectivity index is 0.000000242. The predicted molar refractivity (Wildman–Crippen MR) is 317 cm³/mol. The normalized spacial score (nSPS) is 14.2. The number of aromatic nitrogens is 4. The van der Waals surface area contributed by atoms with Gasteiger partial charge in [-0.15, -0.1) is 0 Å². The molecule has 2 aliphatic rings. The number of aliphatic hydroxyl groups excluding tert-OH is 3. The van der Waals surface area contributed by atoms with Crippen LogP contribution in [-0.2, 0) is 36.9 Å². The highest BCUT2D eigenvalue weighted by atomic mass is 35.5. The molecule has 4 heterocycles. The third-order valence-corrected chi connectivity index (χ3v) is 14.0. The van der Waals surface area contributed by atoms with Crippen LogP contribution in [0.1, 0.15) is 92.6 Å². The molecule has 8 N–H and O–H groups in total. The Kier molecular flexibility index (Phi) is 28.0. The first-order chi connectivity index (χ1) is 41.8. The number of carboxylic acids is 1. The molecule has 23 nitrogen and oxygen atoms in total. The molecular formula is C60H72Cl2F2N10O13. The Hall–Kier alpha value is -7.40. The van der Waals surface area contributed by atoms with E-state index in [0.717, 1.165) is 85.0 Å². The number of amides is 2. The van der Waals surface area contributed by atoms with E-state index in [1.165, 1.54) is 72.4 Å². The van der Waals surface area contributed by atoms with Crippen LogP contribution in [0.5, 0.6) is 0 Å². The van der Waals surface area contributed by atoms with Gasteiger partial charge in [-0.3, -0.25) is 50.0 Å². The van der Waals surface area contributed by atoms with Crippen molar-refractivity contribution in [2.45, 2.75) is 64.8 Å². The molecule has 4 aromatic carbocycles. The molecule has 0 unspecified atom stereocenters. The van der Waals surface area contributed by atoms with Crippen molar-refractivity contribution in [1.29, 1.82) is 0 Å². The second kappa shape index (κ2) is 35.4. The van der Waals surface area contributed by atoms with Crippen LogP contribution in [0, 0.1) is 11.6 Å². The van der Waals surface area contributed by atoms with Gasteiger partial charge in [0.05, 0.1) is 46.1 Å². The summed E-state index contributed by atoms with van der Waals surface area (Å²) >= 11 is 12.0. The van der Waals surface area contributed by atoms with Crippen LogP contribution >= 0.6 is 23.2 Å². The number of halogens is 4. The number of morpholine rings is 2. The van der Waals surface area contributed by atoms with Crippen LogP contribution in [0.15, 0.2) is 97.1 Å². The van der Waals surface area contributed by atoms with Crippen molar-refractivity contribution in [2.24, 2.45) is 0 Å². The van der Waals surface area contributed by atoms with Crippen molar-refractivity contribution in [3.63, 3.8) is 0 Å². The smallest absolute Gasteiger partial charge is 0.336 e. The number of H-pyrrole nitrogens is 2. The number of hydrogen-bond acceptors (Lipinski definition) is 18. The number of hydrogen-bond donors (Lipinski definition) is 8.